The molecule has 0 atom stereocenters. The van der Waals surface area contributed by atoms with Crippen LogP contribution in [0.5, 0.6) is 17.2 Å². The van der Waals surface area contributed by atoms with Gasteiger partial charge in [0.05, 0.1) is 44.9 Å². The van der Waals surface area contributed by atoms with Crippen molar-refractivity contribution in [2.75, 3.05) is 27.4 Å². The fourth-order valence-electron chi connectivity index (χ4n) is 3.21. The van der Waals surface area contributed by atoms with Crippen molar-refractivity contribution in [3.63, 3.8) is 0 Å². The lowest BCUT2D eigenvalue weighted by molar-refractivity contribution is -0.143. The summed E-state index contributed by atoms with van der Waals surface area (Å²) in [6, 6.07) is 8.83. The van der Waals surface area contributed by atoms with Gasteiger partial charge in [0.1, 0.15) is 5.75 Å². The third-order valence-electron chi connectivity index (χ3n) is 4.94. The summed E-state index contributed by atoms with van der Waals surface area (Å²) in [7, 11) is 3.10. The maximum absolute atomic E-state index is 12.5. The Morgan fingerprint density at radius 2 is 1.67 bits per heavy atom. The first-order valence-corrected chi connectivity index (χ1v) is 11.3. The Hall–Kier alpha value is -3.35. The van der Waals surface area contributed by atoms with Crippen LogP contribution in [-0.4, -0.2) is 44.2 Å². The van der Waals surface area contributed by atoms with Gasteiger partial charge in [0.25, 0.3) is 0 Å². The number of allylic oxidation sites excluding steroid dienone is 1. The fraction of sp³-hybridized carbons (Fsp3) is 0.423. The number of benzene rings is 1. The quantitative estimate of drug-likeness (QED) is 0.156. The van der Waals surface area contributed by atoms with Crippen LogP contribution >= 0.6 is 0 Å². The Labute approximate surface area is 195 Å². The van der Waals surface area contributed by atoms with E-state index in [1.165, 1.54) is 13.2 Å². The number of para-hydroxylation sites is 1. The summed E-state index contributed by atoms with van der Waals surface area (Å²) in [6.07, 6.45) is 9.95. The molecule has 0 spiro atoms. The monoisotopic (exact) mass is 455 g/mol. The van der Waals surface area contributed by atoms with Crippen molar-refractivity contribution in [1.82, 2.24) is 4.98 Å². The van der Waals surface area contributed by atoms with E-state index in [-0.39, 0.29) is 11.8 Å². The van der Waals surface area contributed by atoms with Crippen molar-refractivity contribution in [3.8, 4) is 17.2 Å². The Morgan fingerprint density at radius 1 is 0.939 bits per heavy atom. The number of unbranched alkanes of at least 4 members (excludes halogenated alkanes) is 4. The highest BCUT2D eigenvalue weighted by atomic mass is 16.5. The molecule has 2 aromatic rings. The third kappa shape index (κ3) is 8.96. The van der Waals surface area contributed by atoms with Crippen molar-refractivity contribution in [1.29, 1.82) is 0 Å². The summed E-state index contributed by atoms with van der Waals surface area (Å²) in [5.41, 5.74) is 1.08. The smallest absolute Gasteiger partial charge is 0.305 e. The fourth-order valence-corrected chi connectivity index (χ4v) is 3.21. The second-order valence-corrected chi connectivity index (χ2v) is 7.33. The zero-order valence-electron chi connectivity index (χ0n) is 19.7. The summed E-state index contributed by atoms with van der Waals surface area (Å²) in [5, 5.41) is 0. The standard InChI is InChI=1S/C26H33NO6/c1-4-32-26(29)14-8-6-5-7-11-17-33-24-18-20(27-19-25(24)31-3)15-16-22(28)21-12-9-10-13-23(21)30-2/h9-10,12-13,15-16,18-19H,4-8,11,14,17H2,1-3H3/b16-15+. The van der Waals surface area contributed by atoms with Gasteiger partial charge in [-0.15, -0.1) is 0 Å². The summed E-state index contributed by atoms with van der Waals surface area (Å²) in [4.78, 5) is 28.1. The highest BCUT2D eigenvalue weighted by Gasteiger charge is 2.10. The number of carbonyl (C=O) groups excluding carboxylic acids is 2. The highest BCUT2D eigenvalue weighted by Crippen LogP contribution is 2.27. The molecule has 0 bridgehead atoms. The SMILES string of the molecule is CCOC(=O)CCCCCCCOc1cc(/C=C/C(=O)c2ccccc2OC)ncc1OC. The molecular formula is C26H33NO6. The maximum atomic E-state index is 12.5. The predicted molar refractivity (Wildman–Crippen MR) is 127 cm³/mol. The lowest BCUT2D eigenvalue weighted by Crippen LogP contribution is -2.03. The lowest BCUT2D eigenvalue weighted by atomic mass is 10.1. The van der Waals surface area contributed by atoms with E-state index in [9.17, 15) is 9.59 Å². The van der Waals surface area contributed by atoms with Gasteiger partial charge in [0.15, 0.2) is 17.3 Å². The molecule has 0 aliphatic heterocycles. The number of aromatic nitrogens is 1. The van der Waals surface area contributed by atoms with Crippen molar-refractivity contribution in [2.45, 2.75) is 45.4 Å². The second kappa shape index (κ2) is 14.7. The van der Waals surface area contributed by atoms with Gasteiger partial charge < -0.3 is 18.9 Å². The van der Waals surface area contributed by atoms with E-state index in [1.807, 2.05) is 13.0 Å². The van der Waals surface area contributed by atoms with Gasteiger partial charge in [-0.25, -0.2) is 0 Å². The molecule has 1 aromatic heterocycles. The number of methoxy groups -OCH3 is 2. The molecule has 0 saturated heterocycles. The van der Waals surface area contributed by atoms with E-state index >= 15 is 0 Å². The van der Waals surface area contributed by atoms with Crippen LogP contribution in [0, 0.1) is 0 Å². The van der Waals surface area contributed by atoms with Gasteiger partial charge in [0, 0.05) is 12.5 Å². The molecule has 1 aromatic carbocycles. The molecule has 0 amide bonds. The molecule has 7 nitrogen and oxygen atoms in total. The maximum Gasteiger partial charge on any atom is 0.305 e. The summed E-state index contributed by atoms with van der Waals surface area (Å²) in [6.45, 7) is 2.79. The number of ketones is 1. The van der Waals surface area contributed by atoms with Gasteiger partial charge >= 0.3 is 5.97 Å². The van der Waals surface area contributed by atoms with Crippen LogP contribution in [-0.2, 0) is 9.53 Å². The summed E-state index contributed by atoms with van der Waals surface area (Å²) >= 11 is 0. The van der Waals surface area contributed by atoms with Crippen molar-refractivity contribution in [3.05, 3.63) is 53.9 Å². The van der Waals surface area contributed by atoms with Crippen LogP contribution in [0.15, 0.2) is 42.6 Å². The van der Waals surface area contributed by atoms with E-state index in [2.05, 4.69) is 4.98 Å². The minimum atomic E-state index is -0.171. The molecule has 0 radical (unpaired) electrons. The van der Waals surface area contributed by atoms with Crippen LogP contribution in [0.25, 0.3) is 6.08 Å². The first kappa shape index (κ1) is 25.9. The largest absolute Gasteiger partial charge is 0.496 e. The number of ether oxygens (including phenoxy) is 4. The topological polar surface area (TPSA) is 84.0 Å². The first-order chi connectivity index (χ1) is 16.1. The molecule has 1 heterocycles. The number of hydrogen-bond acceptors (Lipinski definition) is 7. The molecule has 0 saturated carbocycles. The summed E-state index contributed by atoms with van der Waals surface area (Å²) in [5.74, 6) is 1.35. The minimum absolute atomic E-state index is 0.125. The van der Waals surface area contributed by atoms with Crippen molar-refractivity contribution < 1.29 is 28.5 Å². The second-order valence-electron chi connectivity index (χ2n) is 7.33. The van der Waals surface area contributed by atoms with Crippen LogP contribution in [0.4, 0.5) is 0 Å². The van der Waals surface area contributed by atoms with Gasteiger partial charge in [-0.2, -0.15) is 0 Å². The van der Waals surface area contributed by atoms with E-state index in [0.717, 1.165) is 32.1 Å². The molecular weight excluding hydrogens is 422 g/mol. The van der Waals surface area contributed by atoms with E-state index < -0.39 is 0 Å². The summed E-state index contributed by atoms with van der Waals surface area (Å²) < 4.78 is 21.4. The number of esters is 1. The number of carbonyl (C=O) groups is 2. The van der Waals surface area contributed by atoms with Gasteiger partial charge in [-0.1, -0.05) is 31.4 Å². The van der Waals surface area contributed by atoms with Crippen LogP contribution in [0.1, 0.15) is 61.5 Å². The number of pyridine rings is 1. The zero-order valence-corrected chi connectivity index (χ0v) is 19.7. The molecule has 0 fully saturated rings. The number of hydrogen-bond donors (Lipinski definition) is 0. The van der Waals surface area contributed by atoms with Gasteiger partial charge in [0.2, 0.25) is 0 Å². The zero-order chi connectivity index (χ0) is 23.9. The van der Waals surface area contributed by atoms with Crippen molar-refractivity contribution >= 4 is 17.8 Å². The Balaban J connectivity index is 1.83. The highest BCUT2D eigenvalue weighted by molar-refractivity contribution is 6.08. The molecule has 0 aliphatic carbocycles. The minimum Gasteiger partial charge on any atom is -0.496 e. The number of rotatable bonds is 15. The lowest BCUT2D eigenvalue weighted by Gasteiger charge is -2.11. The molecule has 33 heavy (non-hydrogen) atoms. The molecule has 0 N–H and O–H groups in total. The average molecular weight is 456 g/mol. The predicted octanol–water partition coefficient (Wildman–Crippen LogP) is 5.28. The van der Waals surface area contributed by atoms with Crippen LogP contribution < -0.4 is 14.2 Å². The van der Waals surface area contributed by atoms with E-state index in [4.69, 9.17) is 18.9 Å². The van der Waals surface area contributed by atoms with Gasteiger partial charge in [-0.3, -0.25) is 14.6 Å². The Morgan fingerprint density at radius 3 is 2.42 bits per heavy atom. The van der Waals surface area contributed by atoms with E-state index in [0.29, 0.717) is 48.1 Å². The number of nitrogens with zero attached hydrogens (tertiary/aromatic N) is 1. The normalized spacial score (nSPS) is 10.8. The van der Waals surface area contributed by atoms with Crippen LogP contribution in [0.2, 0.25) is 0 Å². The Bertz CT molecular complexity index is 925. The molecule has 2 rings (SSSR count). The molecule has 178 valence electrons. The van der Waals surface area contributed by atoms with Crippen LogP contribution in [0.3, 0.4) is 0 Å². The first-order valence-electron chi connectivity index (χ1n) is 11.3. The molecule has 7 heteroatoms. The molecule has 0 aliphatic rings. The average Bonchev–Trinajstić information content (AvgIpc) is 2.84. The Kier molecular flexibility index (Phi) is 11.5. The van der Waals surface area contributed by atoms with Crippen molar-refractivity contribution in [2.24, 2.45) is 0 Å². The molecule has 0 unspecified atom stereocenters. The van der Waals surface area contributed by atoms with E-state index in [1.54, 1.807) is 43.6 Å². The van der Waals surface area contributed by atoms with Gasteiger partial charge in [-0.05, 0) is 44.1 Å². The third-order valence-corrected chi connectivity index (χ3v) is 4.94.